The van der Waals surface area contributed by atoms with Crippen LogP contribution in [0.5, 0.6) is 0 Å². The second-order valence-corrected chi connectivity index (χ2v) is 4.77. The number of carbonyl (C=O) groups excluding carboxylic acids is 1. The molecule has 2 rings (SSSR count). The van der Waals surface area contributed by atoms with Crippen LogP contribution in [0.25, 0.3) is 0 Å². The molecule has 1 aromatic rings. The lowest BCUT2D eigenvalue weighted by molar-refractivity contribution is 0.0973. The van der Waals surface area contributed by atoms with E-state index in [1.807, 2.05) is 6.07 Å². The van der Waals surface area contributed by atoms with Gasteiger partial charge in [-0.2, -0.15) is 5.26 Å². The third kappa shape index (κ3) is 2.94. The van der Waals surface area contributed by atoms with Crippen molar-refractivity contribution in [2.45, 2.75) is 38.5 Å². The molecule has 1 aliphatic rings. The molecular formula is C15H17NO. The zero-order valence-electron chi connectivity index (χ0n) is 9.98. The first-order chi connectivity index (χ1) is 8.31. The van der Waals surface area contributed by atoms with Crippen LogP contribution in [-0.2, 0) is 0 Å². The summed E-state index contributed by atoms with van der Waals surface area (Å²) in [7, 11) is 0. The van der Waals surface area contributed by atoms with Crippen LogP contribution in [0.4, 0.5) is 0 Å². The van der Waals surface area contributed by atoms with E-state index in [0.717, 1.165) is 12.3 Å². The number of hydrogen-bond donors (Lipinski definition) is 0. The van der Waals surface area contributed by atoms with E-state index in [9.17, 15) is 4.79 Å². The van der Waals surface area contributed by atoms with Gasteiger partial charge in [0, 0.05) is 12.0 Å². The summed E-state index contributed by atoms with van der Waals surface area (Å²) in [6.07, 6.45) is 6.74. The molecule has 0 spiro atoms. The topological polar surface area (TPSA) is 40.9 Å². The van der Waals surface area contributed by atoms with Gasteiger partial charge in [-0.3, -0.25) is 4.79 Å². The Hall–Kier alpha value is -1.62. The van der Waals surface area contributed by atoms with Crippen LogP contribution in [0.1, 0.15) is 54.4 Å². The minimum atomic E-state index is 0.119. The molecule has 0 N–H and O–H groups in total. The summed E-state index contributed by atoms with van der Waals surface area (Å²) < 4.78 is 0. The molecule has 2 heteroatoms. The monoisotopic (exact) mass is 227 g/mol. The largest absolute Gasteiger partial charge is 0.294 e. The van der Waals surface area contributed by atoms with E-state index >= 15 is 0 Å². The van der Waals surface area contributed by atoms with Crippen molar-refractivity contribution in [3.63, 3.8) is 0 Å². The Kier molecular flexibility index (Phi) is 3.93. The molecule has 1 saturated carbocycles. The predicted octanol–water partition coefficient (Wildman–Crippen LogP) is 3.71. The Labute approximate surface area is 102 Å². The molecule has 1 aromatic carbocycles. The van der Waals surface area contributed by atoms with Gasteiger partial charge >= 0.3 is 0 Å². The average molecular weight is 227 g/mol. The van der Waals surface area contributed by atoms with Crippen LogP contribution in [-0.4, -0.2) is 5.78 Å². The molecule has 0 aliphatic heterocycles. The van der Waals surface area contributed by atoms with Gasteiger partial charge in [0.2, 0.25) is 0 Å². The molecule has 0 amide bonds. The highest BCUT2D eigenvalue weighted by Crippen LogP contribution is 2.29. The van der Waals surface area contributed by atoms with Crippen molar-refractivity contribution < 1.29 is 4.79 Å². The smallest absolute Gasteiger partial charge is 0.164 e. The highest BCUT2D eigenvalue weighted by molar-refractivity contribution is 5.98. The van der Waals surface area contributed by atoms with Gasteiger partial charge in [0.1, 0.15) is 0 Å². The third-order valence-electron chi connectivity index (χ3n) is 3.60. The summed E-state index contributed by atoms with van der Waals surface area (Å²) in [4.78, 5) is 12.0. The van der Waals surface area contributed by atoms with Crippen LogP contribution in [0.2, 0.25) is 0 Å². The maximum atomic E-state index is 12.0. The highest BCUT2D eigenvalue weighted by atomic mass is 16.1. The zero-order valence-corrected chi connectivity index (χ0v) is 9.98. The molecule has 0 heterocycles. The van der Waals surface area contributed by atoms with E-state index in [2.05, 4.69) is 6.07 Å². The van der Waals surface area contributed by atoms with Crippen LogP contribution >= 0.6 is 0 Å². The van der Waals surface area contributed by atoms with Gasteiger partial charge in [0.15, 0.2) is 5.78 Å². The number of nitriles is 1. The van der Waals surface area contributed by atoms with Gasteiger partial charge in [-0.1, -0.05) is 43.9 Å². The third-order valence-corrected chi connectivity index (χ3v) is 3.60. The van der Waals surface area contributed by atoms with Crippen molar-refractivity contribution in [2.75, 3.05) is 0 Å². The van der Waals surface area contributed by atoms with Crippen LogP contribution < -0.4 is 0 Å². The molecule has 0 aromatic heterocycles. The average Bonchev–Trinajstić information content (AvgIpc) is 2.89. The quantitative estimate of drug-likeness (QED) is 0.736. The predicted molar refractivity (Wildman–Crippen MR) is 66.7 cm³/mol. The lowest BCUT2D eigenvalue weighted by atomic mass is 9.95. The zero-order chi connectivity index (χ0) is 12.1. The number of ketones is 1. The molecule has 88 valence electrons. The molecule has 1 fully saturated rings. The Morgan fingerprint density at radius 1 is 1.29 bits per heavy atom. The van der Waals surface area contributed by atoms with Crippen molar-refractivity contribution >= 4 is 5.78 Å². The Morgan fingerprint density at radius 3 is 2.71 bits per heavy atom. The van der Waals surface area contributed by atoms with Gasteiger partial charge < -0.3 is 0 Å². The SMILES string of the molecule is N#Cc1ccccc1C(=O)CCC1CCCC1. The summed E-state index contributed by atoms with van der Waals surface area (Å²) in [6, 6.07) is 9.18. The van der Waals surface area contributed by atoms with Crippen molar-refractivity contribution in [3.8, 4) is 6.07 Å². The van der Waals surface area contributed by atoms with Crippen molar-refractivity contribution in [3.05, 3.63) is 35.4 Å². The second-order valence-electron chi connectivity index (χ2n) is 4.77. The number of benzene rings is 1. The maximum Gasteiger partial charge on any atom is 0.164 e. The first kappa shape index (κ1) is 11.9. The fourth-order valence-corrected chi connectivity index (χ4v) is 2.59. The van der Waals surface area contributed by atoms with Crippen molar-refractivity contribution in [1.29, 1.82) is 5.26 Å². The van der Waals surface area contributed by atoms with E-state index in [1.165, 1.54) is 25.7 Å². The molecule has 0 atom stereocenters. The molecule has 0 unspecified atom stereocenters. The minimum absolute atomic E-state index is 0.119. The summed E-state index contributed by atoms with van der Waals surface area (Å²) in [5.41, 5.74) is 1.09. The Morgan fingerprint density at radius 2 is 2.00 bits per heavy atom. The molecule has 2 nitrogen and oxygen atoms in total. The summed E-state index contributed by atoms with van der Waals surface area (Å²) in [5, 5.41) is 8.94. The molecule has 0 radical (unpaired) electrons. The van der Waals surface area contributed by atoms with E-state index in [0.29, 0.717) is 17.5 Å². The minimum Gasteiger partial charge on any atom is -0.294 e. The van der Waals surface area contributed by atoms with Gasteiger partial charge in [0.05, 0.1) is 11.6 Å². The van der Waals surface area contributed by atoms with E-state index in [1.54, 1.807) is 18.2 Å². The fourth-order valence-electron chi connectivity index (χ4n) is 2.59. The van der Waals surface area contributed by atoms with E-state index < -0.39 is 0 Å². The van der Waals surface area contributed by atoms with Gasteiger partial charge in [-0.05, 0) is 18.4 Å². The Bertz CT molecular complexity index is 438. The number of carbonyl (C=O) groups is 1. The summed E-state index contributed by atoms with van der Waals surface area (Å²) in [6.45, 7) is 0. The molecule has 0 saturated heterocycles. The van der Waals surface area contributed by atoms with E-state index in [4.69, 9.17) is 5.26 Å². The number of rotatable bonds is 4. The Balaban J connectivity index is 1.97. The molecule has 0 bridgehead atoms. The van der Waals surface area contributed by atoms with Crippen LogP contribution in [0.15, 0.2) is 24.3 Å². The standard InChI is InChI=1S/C15H17NO/c16-11-13-7-3-4-8-14(13)15(17)10-9-12-5-1-2-6-12/h3-4,7-8,12H,1-2,5-6,9-10H2. The van der Waals surface area contributed by atoms with Crippen LogP contribution in [0.3, 0.4) is 0 Å². The fraction of sp³-hybridized carbons (Fsp3) is 0.467. The normalized spacial score (nSPS) is 15.7. The summed E-state index contributed by atoms with van der Waals surface area (Å²) >= 11 is 0. The molecule has 1 aliphatic carbocycles. The second kappa shape index (κ2) is 5.63. The highest BCUT2D eigenvalue weighted by Gasteiger charge is 2.17. The lowest BCUT2D eigenvalue weighted by Crippen LogP contribution is -2.04. The molecule has 17 heavy (non-hydrogen) atoms. The van der Waals surface area contributed by atoms with Crippen LogP contribution in [0, 0.1) is 17.2 Å². The van der Waals surface area contributed by atoms with Gasteiger partial charge in [-0.15, -0.1) is 0 Å². The van der Waals surface area contributed by atoms with Gasteiger partial charge in [0.25, 0.3) is 0 Å². The summed E-state index contributed by atoms with van der Waals surface area (Å²) in [5.74, 6) is 0.849. The van der Waals surface area contributed by atoms with Crippen molar-refractivity contribution in [2.24, 2.45) is 5.92 Å². The number of hydrogen-bond acceptors (Lipinski definition) is 2. The van der Waals surface area contributed by atoms with E-state index in [-0.39, 0.29) is 5.78 Å². The maximum absolute atomic E-state index is 12.0. The first-order valence-electron chi connectivity index (χ1n) is 6.33. The molecular weight excluding hydrogens is 210 g/mol. The van der Waals surface area contributed by atoms with Gasteiger partial charge in [-0.25, -0.2) is 0 Å². The van der Waals surface area contributed by atoms with Crippen molar-refractivity contribution in [1.82, 2.24) is 0 Å². The number of nitrogens with zero attached hydrogens (tertiary/aromatic N) is 1. The lowest BCUT2D eigenvalue weighted by Gasteiger charge is -2.08. The first-order valence-corrected chi connectivity index (χ1v) is 6.33. The number of Topliss-reactive ketones (excluding diaryl/α,β-unsaturated/α-hetero) is 1.